The number of ether oxygens (including phenoxy) is 3. The molecule has 0 atom stereocenters. The number of likely N-dealkylation sites (N-methyl/N-ethyl adjacent to an activating group) is 1. The average molecular weight is 392 g/mol. The SMILES string of the molecule is CCN(CC(=O)NC(C)C)C(=O)COC(=O)/C=C/c1cc(OC)ccc1OC. The van der Waals surface area contributed by atoms with E-state index < -0.39 is 18.5 Å². The van der Waals surface area contributed by atoms with Gasteiger partial charge >= 0.3 is 5.97 Å². The second-order valence-electron chi connectivity index (χ2n) is 6.18. The normalized spacial score (nSPS) is 10.6. The van der Waals surface area contributed by atoms with Crippen molar-refractivity contribution in [3.8, 4) is 11.5 Å². The van der Waals surface area contributed by atoms with Gasteiger partial charge in [0.15, 0.2) is 6.61 Å². The lowest BCUT2D eigenvalue weighted by Crippen LogP contribution is -2.44. The lowest BCUT2D eigenvalue weighted by atomic mass is 10.1. The number of carbonyl (C=O) groups is 3. The van der Waals surface area contributed by atoms with E-state index in [2.05, 4.69) is 5.32 Å². The topological polar surface area (TPSA) is 94.2 Å². The minimum absolute atomic E-state index is 0.0159. The Bertz CT molecular complexity index is 715. The zero-order valence-corrected chi connectivity index (χ0v) is 17.0. The van der Waals surface area contributed by atoms with E-state index in [9.17, 15) is 14.4 Å². The first-order chi connectivity index (χ1) is 13.3. The van der Waals surface area contributed by atoms with E-state index in [1.165, 1.54) is 31.3 Å². The number of nitrogens with one attached hydrogen (secondary N) is 1. The van der Waals surface area contributed by atoms with E-state index in [1.54, 1.807) is 25.1 Å². The molecule has 8 nitrogen and oxygen atoms in total. The molecule has 0 spiro atoms. The third-order valence-corrected chi connectivity index (χ3v) is 3.69. The molecular formula is C20H28N2O6. The molecule has 0 aliphatic heterocycles. The van der Waals surface area contributed by atoms with Crippen molar-refractivity contribution in [3.63, 3.8) is 0 Å². The van der Waals surface area contributed by atoms with E-state index in [4.69, 9.17) is 14.2 Å². The van der Waals surface area contributed by atoms with E-state index in [1.807, 2.05) is 13.8 Å². The Balaban J connectivity index is 2.62. The molecular weight excluding hydrogens is 364 g/mol. The van der Waals surface area contributed by atoms with Crippen molar-refractivity contribution in [1.29, 1.82) is 0 Å². The van der Waals surface area contributed by atoms with Crippen molar-refractivity contribution in [2.75, 3.05) is 33.9 Å². The largest absolute Gasteiger partial charge is 0.497 e. The van der Waals surface area contributed by atoms with Gasteiger partial charge in [0.2, 0.25) is 5.91 Å². The van der Waals surface area contributed by atoms with Gasteiger partial charge in [-0.2, -0.15) is 0 Å². The molecule has 28 heavy (non-hydrogen) atoms. The van der Waals surface area contributed by atoms with Crippen LogP contribution in [0.4, 0.5) is 0 Å². The molecule has 0 fully saturated rings. The highest BCUT2D eigenvalue weighted by atomic mass is 16.5. The maximum atomic E-state index is 12.2. The molecule has 0 aromatic heterocycles. The van der Waals surface area contributed by atoms with Crippen LogP contribution in [0, 0.1) is 0 Å². The van der Waals surface area contributed by atoms with E-state index in [0.29, 0.717) is 23.6 Å². The van der Waals surface area contributed by atoms with Crippen LogP contribution in [-0.2, 0) is 19.1 Å². The van der Waals surface area contributed by atoms with Crippen LogP contribution in [0.3, 0.4) is 0 Å². The van der Waals surface area contributed by atoms with Gasteiger partial charge in [0.1, 0.15) is 11.5 Å². The Kier molecular flexibility index (Phi) is 9.56. The van der Waals surface area contributed by atoms with Crippen LogP contribution in [0.2, 0.25) is 0 Å². The summed E-state index contributed by atoms with van der Waals surface area (Å²) < 4.78 is 15.4. The van der Waals surface area contributed by atoms with E-state index in [-0.39, 0.29) is 18.5 Å². The van der Waals surface area contributed by atoms with Gasteiger partial charge in [-0.1, -0.05) is 0 Å². The third kappa shape index (κ3) is 7.69. The second kappa shape index (κ2) is 11.6. The highest BCUT2D eigenvalue weighted by Crippen LogP contribution is 2.25. The maximum Gasteiger partial charge on any atom is 0.331 e. The van der Waals surface area contributed by atoms with Gasteiger partial charge in [-0.3, -0.25) is 9.59 Å². The first-order valence-electron chi connectivity index (χ1n) is 8.94. The summed E-state index contributed by atoms with van der Waals surface area (Å²) in [6.45, 7) is 5.22. The molecule has 1 aromatic rings. The number of benzene rings is 1. The summed E-state index contributed by atoms with van der Waals surface area (Å²) >= 11 is 0. The van der Waals surface area contributed by atoms with Crippen molar-refractivity contribution in [3.05, 3.63) is 29.8 Å². The summed E-state index contributed by atoms with van der Waals surface area (Å²) in [5.74, 6) is -0.207. The molecule has 8 heteroatoms. The standard InChI is InChI=1S/C20H28N2O6/c1-6-22(12-18(23)21-14(2)3)19(24)13-28-20(25)10-7-15-11-16(26-4)8-9-17(15)27-5/h7-11,14H,6,12-13H2,1-5H3,(H,21,23)/b10-7+. The number of esters is 1. The molecule has 0 saturated heterocycles. The summed E-state index contributed by atoms with van der Waals surface area (Å²) in [6.07, 6.45) is 2.72. The Morgan fingerprint density at radius 1 is 1.18 bits per heavy atom. The van der Waals surface area contributed by atoms with Crippen molar-refractivity contribution in [2.45, 2.75) is 26.8 Å². The number of methoxy groups -OCH3 is 2. The van der Waals surface area contributed by atoms with Gasteiger partial charge in [-0.15, -0.1) is 0 Å². The number of hydrogen-bond acceptors (Lipinski definition) is 6. The van der Waals surface area contributed by atoms with E-state index >= 15 is 0 Å². The Morgan fingerprint density at radius 2 is 1.89 bits per heavy atom. The van der Waals surface area contributed by atoms with Crippen molar-refractivity contribution < 1.29 is 28.6 Å². The Hall–Kier alpha value is -3.03. The average Bonchev–Trinajstić information content (AvgIpc) is 2.67. The maximum absolute atomic E-state index is 12.2. The van der Waals surface area contributed by atoms with Crippen molar-refractivity contribution in [2.24, 2.45) is 0 Å². The number of nitrogens with zero attached hydrogens (tertiary/aromatic N) is 1. The quantitative estimate of drug-likeness (QED) is 0.480. The number of amides is 2. The minimum atomic E-state index is -0.680. The molecule has 0 heterocycles. The Morgan fingerprint density at radius 3 is 2.46 bits per heavy atom. The summed E-state index contributed by atoms with van der Waals surface area (Å²) in [4.78, 5) is 37.2. The smallest absolute Gasteiger partial charge is 0.331 e. The number of rotatable bonds is 10. The van der Waals surface area contributed by atoms with Crippen LogP contribution in [0.15, 0.2) is 24.3 Å². The molecule has 154 valence electrons. The van der Waals surface area contributed by atoms with Crippen molar-refractivity contribution in [1.82, 2.24) is 10.2 Å². The van der Waals surface area contributed by atoms with Crippen LogP contribution >= 0.6 is 0 Å². The fraction of sp³-hybridized carbons (Fsp3) is 0.450. The highest BCUT2D eigenvalue weighted by Gasteiger charge is 2.17. The van der Waals surface area contributed by atoms with Crippen LogP contribution in [0.1, 0.15) is 26.3 Å². The van der Waals surface area contributed by atoms with Crippen molar-refractivity contribution >= 4 is 23.9 Å². The summed E-state index contributed by atoms with van der Waals surface area (Å²) in [7, 11) is 3.06. The summed E-state index contributed by atoms with van der Waals surface area (Å²) in [5.41, 5.74) is 0.630. The minimum Gasteiger partial charge on any atom is -0.497 e. The van der Waals surface area contributed by atoms with Gasteiger partial charge < -0.3 is 24.4 Å². The zero-order chi connectivity index (χ0) is 21.1. The molecule has 0 radical (unpaired) electrons. The fourth-order valence-corrected chi connectivity index (χ4v) is 2.32. The first kappa shape index (κ1) is 23.0. The van der Waals surface area contributed by atoms with Gasteiger partial charge in [0.05, 0.1) is 20.8 Å². The zero-order valence-electron chi connectivity index (χ0n) is 17.0. The van der Waals surface area contributed by atoms with Gasteiger partial charge in [-0.25, -0.2) is 4.79 Å². The molecule has 1 N–H and O–H groups in total. The first-order valence-corrected chi connectivity index (χ1v) is 8.94. The predicted octanol–water partition coefficient (Wildman–Crippen LogP) is 1.63. The predicted molar refractivity (Wildman–Crippen MR) is 105 cm³/mol. The van der Waals surface area contributed by atoms with Crippen LogP contribution in [0.25, 0.3) is 6.08 Å². The molecule has 0 bridgehead atoms. The number of carbonyl (C=O) groups excluding carboxylic acids is 3. The van der Waals surface area contributed by atoms with E-state index in [0.717, 1.165) is 0 Å². The fourth-order valence-electron chi connectivity index (χ4n) is 2.32. The Labute approximate surface area is 165 Å². The van der Waals surface area contributed by atoms with Gasteiger partial charge in [0, 0.05) is 24.2 Å². The van der Waals surface area contributed by atoms with Crippen LogP contribution < -0.4 is 14.8 Å². The third-order valence-electron chi connectivity index (χ3n) is 3.69. The monoisotopic (exact) mass is 392 g/mol. The molecule has 0 aliphatic carbocycles. The molecule has 2 amide bonds. The second-order valence-corrected chi connectivity index (χ2v) is 6.18. The lowest BCUT2D eigenvalue weighted by Gasteiger charge is -2.20. The summed E-state index contributed by atoms with van der Waals surface area (Å²) in [5, 5.41) is 2.71. The van der Waals surface area contributed by atoms with Crippen LogP contribution in [-0.4, -0.2) is 62.6 Å². The number of hydrogen-bond donors (Lipinski definition) is 1. The molecule has 0 saturated carbocycles. The molecule has 1 aromatic carbocycles. The highest BCUT2D eigenvalue weighted by molar-refractivity contribution is 5.90. The van der Waals surface area contributed by atoms with Gasteiger partial charge in [-0.05, 0) is 45.0 Å². The molecule has 1 rings (SSSR count). The summed E-state index contributed by atoms with van der Waals surface area (Å²) in [6, 6.07) is 5.15. The molecule has 0 aliphatic rings. The molecule has 0 unspecified atom stereocenters. The van der Waals surface area contributed by atoms with Gasteiger partial charge in [0.25, 0.3) is 5.91 Å². The van der Waals surface area contributed by atoms with Crippen LogP contribution in [0.5, 0.6) is 11.5 Å². The lowest BCUT2D eigenvalue weighted by molar-refractivity contribution is -0.148.